The highest BCUT2D eigenvalue weighted by Gasteiger charge is 2.26. The molecule has 0 spiro atoms. The number of nitrogens with one attached hydrogen (secondary N) is 1. The van der Waals surface area contributed by atoms with Gasteiger partial charge in [0.25, 0.3) is 0 Å². The van der Waals surface area contributed by atoms with E-state index < -0.39 is 0 Å². The van der Waals surface area contributed by atoms with Crippen LogP contribution in [0, 0.1) is 5.92 Å². The molecule has 2 fully saturated rings. The molecule has 7 nitrogen and oxygen atoms in total. The summed E-state index contributed by atoms with van der Waals surface area (Å²) in [5.74, 6) is 1.78. The van der Waals surface area contributed by atoms with Crippen molar-refractivity contribution >= 4 is 5.69 Å². The third-order valence-corrected chi connectivity index (χ3v) is 6.82. The average molecular weight is 452 g/mol. The van der Waals surface area contributed by atoms with Gasteiger partial charge in [0.2, 0.25) is 0 Å². The molecule has 0 radical (unpaired) electrons. The molecular formula is C27H29N7. The normalized spacial score (nSPS) is 16.6. The van der Waals surface area contributed by atoms with E-state index in [4.69, 9.17) is 4.98 Å². The van der Waals surface area contributed by atoms with Crippen LogP contribution in [0.2, 0.25) is 0 Å². The lowest BCUT2D eigenvalue weighted by Gasteiger charge is -2.36. The second kappa shape index (κ2) is 9.35. The van der Waals surface area contributed by atoms with Gasteiger partial charge in [0, 0.05) is 74.5 Å². The van der Waals surface area contributed by atoms with E-state index in [1.54, 1.807) is 6.20 Å². The van der Waals surface area contributed by atoms with Crippen LogP contribution in [0.1, 0.15) is 24.2 Å². The zero-order chi connectivity index (χ0) is 22.7. The molecular weight excluding hydrogens is 422 g/mol. The van der Waals surface area contributed by atoms with Crippen LogP contribution in [-0.4, -0.2) is 62.8 Å². The van der Waals surface area contributed by atoms with Gasteiger partial charge in [-0.1, -0.05) is 12.1 Å². The summed E-state index contributed by atoms with van der Waals surface area (Å²) in [5, 5.41) is 7.33. The van der Waals surface area contributed by atoms with E-state index in [9.17, 15) is 0 Å². The second-order valence-corrected chi connectivity index (χ2v) is 9.33. The zero-order valence-corrected chi connectivity index (χ0v) is 19.3. The van der Waals surface area contributed by atoms with Crippen LogP contribution in [-0.2, 0) is 6.42 Å². The SMILES string of the molecule is c1cncc(-c2[nH]ncc2-c2ccnc(Cc3ccc(N4CCN(CC5CC5)CC4)cc3)n2)c1. The molecule has 0 amide bonds. The van der Waals surface area contributed by atoms with E-state index in [1.165, 1.54) is 43.7 Å². The lowest BCUT2D eigenvalue weighted by molar-refractivity contribution is 0.248. The van der Waals surface area contributed by atoms with Crippen molar-refractivity contribution in [1.29, 1.82) is 0 Å². The maximum Gasteiger partial charge on any atom is 0.133 e. The molecule has 4 heterocycles. The van der Waals surface area contributed by atoms with Crippen LogP contribution < -0.4 is 4.90 Å². The highest BCUT2D eigenvalue weighted by Crippen LogP contribution is 2.30. The molecule has 1 aliphatic heterocycles. The van der Waals surface area contributed by atoms with Crippen LogP contribution >= 0.6 is 0 Å². The van der Waals surface area contributed by atoms with Gasteiger partial charge in [-0.2, -0.15) is 5.10 Å². The zero-order valence-electron chi connectivity index (χ0n) is 19.3. The first kappa shape index (κ1) is 21.0. The summed E-state index contributed by atoms with van der Waals surface area (Å²) in [5.41, 5.74) is 6.24. The third-order valence-electron chi connectivity index (χ3n) is 6.82. The van der Waals surface area contributed by atoms with Gasteiger partial charge < -0.3 is 4.90 Å². The number of hydrogen-bond donors (Lipinski definition) is 1. The molecule has 1 saturated heterocycles. The maximum atomic E-state index is 4.84. The predicted octanol–water partition coefficient (Wildman–Crippen LogP) is 4.05. The molecule has 172 valence electrons. The monoisotopic (exact) mass is 451 g/mol. The van der Waals surface area contributed by atoms with Gasteiger partial charge in [0.1, 0.15) is 5.82 Å². The number of anilines is 1. The summed E-state index contributed by atoms with van der Waals surface area (Å²) in [7, 11) is 0. The lowest BCUT2D eigenvalue weighted by Crippen LogP contribution is -2.47. The molecule has 34 heavy (non-hydrogen) atoms. The van der Waals surface area contributed by atoms with Gasteiger partial charge in [0.05, 0.1) is 17.6 Å². The molecule has 1 aliphatic carbocycles. The van der Waals surface area contributed by atoms with E-state index in [1.807, 2.05) is 36.8 Å². The smallest absolute Gasteiger partial charge is 0.133 e. The lowest BCUT2D eigenvalue weighted by atomic mass is 10.1. The van der Waals surface area contributed by atoms with Gasteiger partial charge in [0.15, 0.2) is 0 Å². The number of piperazine rings is 1. The standard InChI is InChI=1S/C27H29N7/c1-2-22(17-28-10-1)27-24(18-30-32-27)25-9-11-29-26(31-25)16-20-5-7-23(8-6-20)34-14-12-33(13-15-34)19-21-3-4-21/h1-2,5-11,17-18,21H,3-4,12-16,19H2,(H,30,32). The van der Waals surface area contributed by atoms with Crippen LogP contribution in [0.5, 0.6) is 0 Å². The first-order valence-corrected chi connectivity index (χ1v) is 12.1. The number of rotatable bonds is 7. The Labute approximate surface area is 199 Å². The Bertz CT molecular complexity index is 1220. The van der Waals surface area contributed by atoms with Crippen molar-refractivity contribution in [2.45, 2.75) is 19.3 Å². The van der Waals surface area contributed by atoms with Gasteiger partial charge in [-0.15, -0.1) is 0 Å². The van der Waals surface area contributed by atoms with Crippen molar-refractivity contribution in [3.8, 4) is 22.5 Å². The van der Waals surface area contributed by atoms with Gasteiger partial charge in [-0.05, 0) is 54.7 Å². The van der Waals surface area contributed by atoms with Gasteiger partial charge in [-0.3, -0.25) is 15.0 Å². The summed E-state index contributed by atoms with van der Waals surface area (Å²) in [4.78, 5) is 18.7. The van der Waals surface area contributed by atoms with Crippen molar-refractivity contribution in [2.75, 3.05) is 37.6 Å². The van der Waals surface area contributed by atoms with Gasteiger partial charge in [-0.25, -0.2) is 9.97 Å². The van der Waals surface area contributed by atoms with Gasteiger partial charge >= 0.3 is 0 Å². The average Bonchev–Trinajstić information content (AvgIpc) is 3.57. The van der Waals surface area contributed by atoms with Crippen LogP contribution in [0.4, 0.5) is 5.69 Å². The molecule has 7 heteroatoms. The van der Waals surface area contributed by atoms with Crippen molar-refractivity contribution in [2.24, 2.45) is 5.92 Å². The maximum absolute atomic E-state index is 4.84. The minimum atomic E-state index is 0.698. The quantitative estimate of drug-likeness (QED) is 0.457. The van der Waals surface area contributed by atoms with Crippen LogP contribution in [0.25, 0.3) is 22.5 Å². The van der Waals surface area contributed by atoms with E-state index >= 15 is 0 Å². The summed E-state index contributed by atoms with van der Waals surface area (Å²) in [6.07, 6.45) is 10.8. The fourth-order valence-corrected chi connectivity index (χ4v) is 4.71. The van der Waals surface area contributed by atoms with Crippen molar-refractivity contribution < 1.29 is 0 Å². The van der Waals surface area contributed by atoms with E-state index in [-0.39, 0.29) is 0 Å². The van der Waals surface area contributed by atoms with E-state index in [0.717, 1.165) is 47.3 Å². The minimum Gasteiger partial charge on any atom is -0.369 e. The topological polar surface area (TPSA) is 73.8 Å². The summed E-state index contributed by atoms with van der Waals surface area (Å²) in [6, 6.07) is 14.8. The van der Waals surface area contributed by atoms with Crippen molar-refractivity contribution in [1.82, 2.24) is 30.0 Å². The molecule has 6 rings (SSSR count). The molecule has 0 bridgehead atoms. The number of hydrogen-bond acceptors (Lipinski definition) is 6. The Morgan fingerprint density at radius 3 is 2.53 bits per heavy atom. The summed E-state index contributed by atoms with van der Waals surface area (Å²) >= 11 is 0. The number of aromatic nitrogens is 5. The van der Waals surface area contributed by atoms with Crippen LogP contribution in [0.15, 0.2) is 67.3 Å². The Kier molecular flexibility index (Phi) is 5.77. The van der Waals surface area contributed by atoms with Crippen LogP contribution in [0.3, 0.4) is 0 Å². The molecule has 0 atom stereocenters. The number of aromatic amines is 1. The van der Waals surface area contributed by atoms with Crippen molar-refractivity contribution in [3.05, 3.63) is 78.6 Å². The van der Waals surface area contributed by atoms with Crippen molar-refractivity contribution in [3.63, 3.8) is 0 Å². The molecule has 2 aliphatic rings. The Balaban J connectivity index is 1.13. The number of benzene rings is 1. The fraction of sp³-hybridized carbons (Fsp3) is 0.333. The number of nitrogens with zero attached hydrogens (tertiary/aromatic N) is 6. The number of H-pyrrole nitrogens is 1. The second-order valence-electron chi connectivity index (χ2n) is 9.33. The van der Waals surface area contributed by atoms with E-state index in [0.29, 0.717) is 6.42 Å². The molecule has 3 aromatic heterocycles. The largest absolute Gasteiger partial charge is 0.369 e. The molecule has 1 saturated carbocycles. The molecule has 1 N–H and O–H groups in total. The predicted molar refractivity (Wildman–Crippen MR) is 133 cm³/mol. The molecule has 4 aromatic rings. The highest BCUT2D eigenvalue weighted by molar-refractivity contribution is 5.77. The first-order valence-electron chi connectivity index (χ1n) is 12.1. The summed E-state index contributed by atoms with van der Waals surface area (Å²) in [6.45, 7) is 5.87. The first-order chi connectivity index (χ1) is 16.8. The molecule has 1 aromatic carbocycles. The Morgan fingerprint density at radius 1 is 0.912 bits per heavy atom. The Hall–Kier alpha value is -3.58. The molecule has 0 unspecified atom stereocenters. The summed E-state index contributed by atoms with van der Waals surface area (Å²) < 4.78 is 0. The van der Waals surface area contributed by atoms with E-state index in [2.05, 4.69) is 54.2 Å². The number of pyridine rings is 1. The third kappa shape index (κ3) is 4.70. The minimum absolute atomic E-state index is 0.698. The Morgan fingerprint density at radius 2 is 1.76 bits per heavy atom. The fourth-order valence-electron chi connectivity index (χ4n) is 4.71. The highest BCUT2D eigenvalue weighted by atomic mass is 15.3.